The smallest absolute Gasteiger partial charge is 0.0964 e. The predicted molar refractivity (Wildman–Crippen MR) is 119 cm³/mol. The van der Waals surface area contributed by atoms with Crippen LogP contribution in [0.15, 0.2) is 85.3 Å². The van der Waals surface area contributed by atoms with Gasteiger partial charge in [0, 0.05) is 49.5 Å². The normalized spacial score (nSPS) is 12.7. The third-order valence-electron chi connectivity index (χ3n) is 4.14. The van der Waals surface area contributed by atoms with E-state index in [1.807, 2.05) is 12.1 Å². The first-order chi connectivity index (χ1) is 16.2. The minimum absolute atomic E-state index is 0. The van der Waals surface area contributed by atoms with Crippen LogP contribution in [-0.4, -0.2) is 15.0 Å². The Kier molecular flexibility index (Phi) is 8.51. The predicted octanol–water partition coefficient (Wildman–Crippen LogP) is 8.99. The van der Waals surface area contributed by atoms with Crippen LogP contribution in [0.3, 0.4) is 0 Å². The van der Waals surface area contributed by atoms with Crippen molar-refractivity contribution >= 4 is 29.6 Å². The second kappa shape index (κ2) is 10.5. The number of hydrogen-bond acceptors (Lipinski definition) is 3. The Morgan fingerprint density at radius 3 is 1.53 bits per heavy atom. The van der Waals surface area contributed by atoms with E-state index in [1.165, 1.54) is 6.07 Å². The third kappa shape index (κ3) is 9.89. The number of halogens is 8. The van der Waals surface area contributed by atoms with Crippen LogP contribution in [0.2, 0.25) is 0 Å². The fraction of sp³-hybridized carbons (Fsp3) is 0. The van der Waals surface area contributed by atoms with E-state index >= 15 is 0 Å². The van der Waals surface area contributed by atoms with Crippen LogP contribution < -0.4 is 0 Å². The molecule has 0 saturated heterocycles. The molecule has 1 radical (unpaired) electrons. The van der Waals surface area contributed by atoms with Crippen molar-refractivity contribution in [3.8, 4) is 11.3 Å². The van der Waals surface area contributed by atoms with Crippen LogP contribution in [0.25, 0.3) is 33.1 Å². The van der Waals surface area contributed by atoms with E-state index in [1.54, 1.807) is 36.8 Å². The summed E-state index contributed by atoms with van der Waals surface area (Å²) in [5, 5.41) is 2.28. The van der Waals surface area contributed by atoms with Crippen LogP contribution in [0.5, 0.6) is 0 Å². The number of pyridine rings is 3. The molecule has 0 spiro atoms. The molecule has 0 N–H and O–H groups in total. The maximum Gasteiger partial charge on any atom is 0.0964 e. The van der Waals surface area contributed by atoms with Crippen LogP contribution in [0.1, 0.15) is 0 Å². The Morgan fingerprint density at radius 2 is 1.08 bits per heavy atom. The average molecular weight is 708 g/mol. The van der Waals surface area contributed by atoms with Gasteiger partial charge in [-0.15, -0.1) is 23.8 Å². The van der Waals surface area contributed by atoms with Gasteiger partial charge in [-0.1, -0.05) is 36.4 Å². The van der Waals surface area contributed by atoms with Crippen LogP contribution in [-0.2, 0) is 20.1 Å². The molecule has 5 aromatic rings. The molecule has 36 heavy (non-hydrogen) atoms. The Labute approximate surface area is 212 Å². The molecular formula is C23H14F8IrN3P-2. The quantitative estimate of drug-likeness (QED) is 0.0756. The van der Waals surface area contributed by atoms with Crippen LogP contribution in [0.4, 0.5) is 34.0 Å². The first kappa shape index (κ1) is 29.2. The van der Waals surface area contributed by atoms with Gasteiger partial charge in [0.05, 0.1) is 22.7 Å². The molecule has 3 nitrogen and oxygen atoms in total. The molecule has 0 atom stereocenters. The summed E-state index contributed by atoms with van der Waals surface area (Å²) in [7, 11) is -10.7. The molecule has 0 fully saturated rings. The first-order valence-electron chi connectivity index (χ1n) is 9.61. The molecule has 13 heteroatoms. The molecule has 0 aliphatic carbocycles. The van der Waals surface area contributed by atoms with Gasteiger partial charge in [-0.25, -0.2) is 4.39 Å². The van der Waals surface area contributed by atoms with Gasteiger partial charge < -0.3 is 4.98 Å². The number of rotatable bonds is 1. The minimum atomic E-state index is -10.7. The molecule has 0 bridgehead atoms. The molecule has 3 heterocycles. The van der Waals surface area contributed by atoms with Gasteiger partial charge >= 0.3 is 33.0 Å². The fourth-order valence-corrected chi connectivity index (χ4v) is 2.80. The number of nitrogens with zero attached hydrogens (tertiary/aromatic N) is 3. The number of benzene rings is 2. The summed E-state index contributed by atoms with van der Waals surface area (Å²) in [5.41, 5.74) is 2.98. The summed E-state index contributed by atoms with van der Waals surface area (Å²) < 4.78 is 84.6. The molecule has 0 amide bonds. The topological polar surface area (TPSA) is 38.7 Å². The number of fused-ring (bicyclic) bond motifs is 3. The molecule has 3 aromatic heterocycles. The van der Waals surface area contributed by atoms with Crippen molar-refractivity contribution in [1.29, 1.82) is 0 Å². The van der Waals surface area contributed by atoms with E-state index in [-0.39, 0.29) is 20.1 Å². The standard InChI is InChI=1S/C12H8N2.C11H6F2N.F6P.Ir/c1-3-9-5-6-10-4-2-8-14-12(10)11(9)13-7-1;12-9-5-4-8(7-10(9)13)11-3-1-2-6-14-11;1-7(2,3,4,5)6;/h1-8H;1-6H;;/q;2*-1;. The summed E-state index contributed by atoms with van der Waals surface area (Å²) in [6, 6.07) is 22.2. The monoisotopic (exact) mass is 708 g/mol. The maximum absolute atomic E-state index is 12.8. The SMILES string of the molecule is F[P-](F)(F)(F)(F)F.Fc1[c-]c(-c2ccccn2)ccc1F.[Ir].c1cnc2c(c1)ccc1cccnc12. The van der Waals surface area contributed by atoms with Crippen LogP contribution >= 0.6 is 7.81 Å². The molecule has 0 aliphatic rings. The molecule has 5 rings (SSSR count). The van der Waals surface area contributed by atoms with E-state index in [0.29, 0.717) is 11.3 Å². The summed E-state index contributed by atoms with van der Waals surface area (Å²) in [6.07, 6.45) is 5.19. The van der Waals surface area contributed by atoms with E-state index in [9.17, 15) is 34.0 Å². The molecule has 0 saturated carbocycles. The first-order valence-corrected chi connectivity index (χ1v) is 11.6. The van der Waals surface area contributed by atoms with Gasteiger partial charge in [0.15, 0.2) is 0 Å². The third-order valence-corrected chi connectivity index (χ3v) is 4.14. The summed E-state index contributed by atoms with van der Waals surface area (Å²) in [6.45, 7) is 0. The van der Waals surface area contributed by atoms with Crippen LogP contribution in [0, 0.1) is 17.7 Å². The average Bonchev–Trinajstić information content (AvgIpc) is 2.80. The van der Waals surface area contributed by atoms with Crippen molar-refractivity contribution in [2.45, 2.75) is 0 Å². The van der Waals surface area contributed by atoms with Gasteiger partial charge in [0.2, 0.25) is 0 Å². The zero-order chi connectivity index (χ0) is 25.8. The molecular weight excluding hydrogens is 693 g/mol. The maximum atomic E-state index is 12.8. The Hall–Kier alpha value is -3.07. The van der Waals surface area contributed by atoms with Crippen molar-refractivity contribution in [1.82, 2.24) is 15.0 Å². The van der Waals surface area contributed by atoms with Gasteiger partial charge in [0.1, 0.15) is 0 Å². The van der Waals surface area contributed by atoms with E-state index in [0.717, 1.165) is 27.9 Å². The van der Waals surface area contributed by atoms with Gasteiger partial charge in [-0.2, -0.15) is 0 Å². The minimum Gasteiger partial charge on any atom is -0.305 e. The zero-order valence-corrected chi connectivity index (χ0v) is 21.0. The second-order valence-corrected chi connectivity index (χ2v) is 8.84. The Morgan fingerprint density at radius 1 is 0.583 bits per heavy atom. The van der Waals surface area contributed by atoms with Gasteiger partial charge in [-0.3, -0.25) is 14.4 Å². The van der Waals surface area contributed by atoms with Gasteiger partial charge in [0.25, 0.3) is 0 Å². The Balaban J connectivity index is 0.000000199. The van der Waals surface area contributed by atoms with Crippen molar-refractivity contribution in [3.63, 3.8) is 0 Å². The second-order valence-electron chi connectivity index (χ2n) is 6.92. The van der Waals surface area contributed by atoms with Crippen molar-refractivity contribution in [2.24, 2.45) is 0 Å². The summed E-state index contributed by atoms with van der Waals surface area (Å²) in [5.74, 6) is -1.88. The van der Waals surface area contributed by atoms with E-state index in [4.69, 9.17) is 0 Å². The number of hydrogen-bond donors (Lipinski definition) is 0. The van der Waals surface area contributed by atoms with Crippen molar-refractivity contribution in [3.05, 3.63) is 103 Å². The molecule has 0 unspecified atom stereocenters. The van der Waals surface area contributed by atoms with E-state index < -0.39 is 19.4 Å². The largest absolute Gasteiger partial charge is 0.305 e. The number of aromatic nitrogens is 3. The summed E-state index contributed by atoms with van der Waals surface area (Å²) in [4.78, 5) is 12.7. The molecule has 193 valence electrons. The molecule has 2 aromatic carbocycles. The van der Waals surface area contributed by atoms with Crippen molar-refractivity contribution in [2.75, 3.05) is 0 Å². The fourth-order valence-electron chi connectivity index (χ4n) is 2.80. The summed E-state index contributed by atoms with van der Waals surface area (Å²) >= 11 is 0. The molecule has 0 aliphatic heterocycles. The Bertz CT molecular complexity index is 1400. The van der Waals surface area contributed by atoms with Crippen molar-refractivity contribution < 1.29 is 54.1 Å². The van der Waals surface area contributed by atoms with Gasteiger partial charge in [-0.05, 0) is 23.9 Å². The van der Waals surface area contributed by atoms with E-state index in [2.05, 4.69) is 45.3 Å². The zero-order valence-electron chi connectivity index (χ0n) is 17.7.